The third-order valence-electron chi connectivity index (χ3n) is 4.51. The Kier molecular flexibility index (Phi) is 5.76. The van der Waals surface area contributed by atoms with E-state index in [-0.39, 0.29) is 6.79 Å². The number of pyridine rings is 1. The van der Waals surface area contributed by atoms with Crippen LogP contribution in [-0.4, -0.2) is 28.9 Å². The van der Waals surface area contributed by atoms with Gasteiger partial charge in [-0.25, -0.2) is 0 Å². The van der Waals surface area contributed by atoms with Crippen LogP contribution in [0.2, 0.25) is 0 Å². The maximum Gasteiger partial charge on any atom is 0.231 e. The summed E-state index contributed by atoms with van der Waals surface area (Å²) in [6.45, 7) is 1.49. The van der Waals surface area contributed by atoms with Crippen LogP contribution < -0.4 is 19.5 Å². The van der Waals surface area contributed by atoms with E-state index >= 15 is 0 Å². The number of aromatic nitrogens is 1. The Morgan fingerprint density at radius 3 is 2.76 bits per heavy atom. The van der Waals surface area contributed by atoms with Crippen molar-refractivity contribution in [3.63, 3.8) is 0 Å². The lowest BCUT2D eigenvalue weighted by molar-refractivity contribution is 0.174. The molecule has 2 aromatic carbocycles. The molecular weight excluding hydrogens is 386 g/mol. The molecule has 3 aromatic rings. The van der Waals surface area contributed by atoms with Crippen molar-refractivity contribution in [2.45, 2.75) is 13.1 Å². The maximum absolute atomic E-state index is 5.73. The molecule has 0 unspecified atom stereocenters. The van der Waals surface area contributed by atoms with Gasteiger partial charge >= 0.3 is 0 Å². The molecule has 2 heterocycles. The zero-order chi connectivity index (χ0) is 20.1. The fraction of sp³-hybridized carbons (Fsp3) is 0.182. The lowest BCUT2D eigenvalue weighted by atomic mass is 10.1. The van der Waals surface area contributed by atoms with Crippen molar-refractivity contribution >= 4 is 23.0 Å². The van der Waals surface area contributed by atoms with Gasteiger partial charge in [-0.05, 0) is 53.7 Å². The number of hydrogen-bond donors (Lipinski definition) is 1. The van der Waals surface area contributed by atoms with Crippen molar-refractivity contribution in [1.82, 2.24) is 9.88 Å². The van der Waals surface area contributed by atoms with E-state index in [2.05, 4.69) is 15.2 Å². The molecule has 0 atom stereocenters. The zero-order valence-electron chi connectivity index (χ0n) is 16.0. The van der Waals surface area contributed by atoms with Gasteiger partial charge in [0.15, 0.2) is 16.6 Å². The second-order valence-electron chi connectivity index (χ2n) is 6.57. The van der Waals surface area contributed by atoms with E-state index < -0.39 is 0 Å². The van der Waals surface area contributed by atoms with Crippen LogP contribution in [0.1, 0.15) is 11.1 Å². The molecule has 0 radical (unpaired) electrons. The fourth-order valence-electron chi connectivity index (χ4n) is 3.07. The predicted molar refractivity (Wildman–Crippen MR) is 115 cm³/mol. The van der Waals surface area contributed by atoms with Gasteiger partial charge in [0.2, 0.25) is 6.79 Å². The van der Waals surface area contributed by atoms with E-state index in [4.69, 9.17) is 26.4 Å². The molecule has 0 spiro atoms. The minimum atomic E-state index is 0.258. The summed E-state index contributed by atoms with van der Waals surface area (Å²) < 4.78 is 16.2. The minimum absolute atomic E-state index is 0.258. The van der Waals surface area contributed by atoms with Gasteiger partial charge in [-0.2, -0.15) is 0 Å². The summed E-state index contributed by atoms with van der Waals surface area (Å²) in [6.07, 6.45) is 3.61. The first-order valence-electron chi connectivity index (χ1n) is 9.19. The first-order chi connectivity index (χ1) is 14.2. The van der Waals surface area contributed by atoms with Crippen molar-refractivity contribution in [3.05, 3.63) is 78.1 Å². The second-order valence-corrected chi connectivity index (χ2v) is 6.95. The number of anilines is 1. The summed E-state index contributed by atoms with van der Waals surface area (Å²) >= 11 is 5.73. The highest BCUT2D eigenvalue weighted by Crippen LogP contribution is 2.33. The van der Waals surface area contributed by atoms with E-state index in [1.807, 2.05) is 60.8 Å². The molecule has 0 saturated carbocycles. The summed E-state index contributed by atoms with van der Waals surface area (Å²) in [5.41, 5.74) is 3.02. The number of fused-ring (bicyclic) bond motifs is 1. The van der Waals surface area contributed by atoms with E-state index in [9.17, 15) is 0 Å². The van der Waals surface area contributed by atoms with Crippen molar-refractivity contribution < 1.29 is 14.2 Å². The summed E-state index contributed by atoms with van der Waals surface area (Å²) in [5.74, 6) is 2.30. The monoisotopic (exact) mass is 407 g/mol. The maximum atomic E-state index is 5.73. The van der Waals surface area contributed by atoms with Crippen LogP contribution >= 0.6 is 12.2 Å². The molecule has 4 rings (SSSR count). The molecule has 0 saturated heterocycles. The molecule has 1 aliphatic rings. The van der Waals surface area contributed by atoms with Crippen LogP contribution in [-0.2, 0) is 13.1 Å². The number of nitrogens with one attached hydrogen (secondary N) is 1. The molecule has 0 bridgehead atoms. The molecule has 1 aromatic heterocycles. The molecule has 6 nitrogen and oxygen atoms in total. The number of rotatable bonds is 6. The number of thiocarbonyl (C=S) groups is 1. The number of benzene rings is 2. The molecule has 1 N–H and O–H groups in total. The highest BCUT2D eigenvalue weighted by atomic mass is 32.1. The summed E-state index contributed by atoms with van der Waals surface area (Å²) in [7, 11) is 1.64. The van der Waals surface area contributed by atoms with Gasteiger partial charge in [0.25, 0.3) is 0 Å². The van der Waals surface area contributed by atoms with Crippen molar-refractivity contribution in [1.29, 1.82) is 0 Å². The zero-order valence-corrected chi connectivity index (χ0v) is 16.8. The molecule has 1 aliphatic heterocycles. The summed E-state index contributed by atoms with van der Waals surface area (Å²) in [6, 6.07) is 17.6. The van der Waals surface area contributed by atoms with Gasteiger partial charge in [-0.3, -0.25) is 4.98 Å². The third kappa shape index (κ3) is 4.75. The van der Waals surface area contributed by atoms with Crippen LogP contribution in [0.3, 0.4) is 0 Å². The quantitative estimate of drug-likeness (QED) is 0.614. The normalized spacial score (nSPS) is 11.8. The van der Waals surface area contributed by atoms with E-state index in [1.165, 1.54) is 0 Å². The van der Waals surface area contributed by atoms with Gasteiger partial charge in [0, 0.05) is 37.2 Å². The lowest BCUT2D eigenvalue weighted by Gasteiger charge is -2.26. The van der Waals surface area contributed by atoms with Crippen LogP contribution in [0, 0.1) is 0 Å². The predicted octanol–water partition coefficient (Wildman–Crippen LogP) is 4.22. The average Bonchev–Trinajstić information content (AvgIpc) is 3.22. The Morgan fingerprint density at radius 1 is 1.07 bits per heavy atom. The van der Waals surface area contributed by atoms with Gasteiger partial charge in [0.1, 0.15) is 5.75 Å². The third-order valence-corrected chi connectivity index (χ3v) is 4.88. The lowest BCUT2D eigenvalue weighted by Crippen LogP contribution is -2.33. The summed E-state index contributed by atoms with van der Waals surface area (Å²) in [4.78, 5) is 6.30. The fourth-order valence-corrected chi connectivity index (χ4v) is 3.32. The topological polar surface area (TPSA) is 55.9 Å². The molecule has 148 valence electrons. The first kappa shape index (κ1) is 19.0. The van der Waals surface area contributed by atoms with E-state index in [0.29, 0.717) is 18.2 Å². The van der Waals surface area contributed by atoms with E-state index in [1.54, 1.807) is 13.3 Å². The van der Waals surface area contributed by atoms with Crippen LogP contribution in [0.4, 0.5) is 5.69 Å². The van der Waals surface area contributed by atoms with Gasteiger partial charge in [-0.1, -0.05) is 18.2 Å². The Balaban J connectivity index is 1.54. The van der Waals surface area contributed by atoms with Crippen molar-refractivity contribution in [2.75, 3.05) is 19.2 Å². The van der Waals surface area contributed by atoms with Gasteiger partial charge in [-0.15, -0.1) is 0 Å². The number of nitrogens with zero attached hydrogens (tertiary/aromatic N) is 2. The smallest absolute Gasteiger partial charge is 0.231 e. The average molecular weight is 407 g/mol. The standard InChI is InChI=1S/C22H21N3O3S/c1-26-19-6-2-5-18(11-19)24-22(29)25(14-17-4-3-9-23-12-17)13-16-7-8-20-21(10-16)28-15-27-20/h2-12H,13-15H2,1H3,(H,24,29). The Hall–Kier alpha value is -3.32. The molecule has 7 heteroatoms. The highest BCUT2D eigenvalue weighted by Gasteiger charge is 2.17. The number of methoxy groups -OCH3 is 1. The molecule has 0 amide bonds. The molecule has 0 fully saturated rings. The van der Waals surface area contributed by atoms with Gasteiger partial charge < -0.3 is 24.4 Å². The minimum Gasteiger partial charge on any atom is -0.497 e. The molecule has 0 aliphatic carbocycles. The number of ether oxygens (including phenoxy) is 3. The van der Waals surface area contributed by atoms with Crippen molar-refractivity contribution in [3.8, 4) is 17.2 Å². The Morgan fingerprint density at radius 2 is 1.93 bits per heavy atom. The largest absolute Gasteiger partial charge is 0.497 e. The van der Waals surface area contributed by atoms with E-state index in [0.717, 1.165) is 34.1 Å². The van der Waals surface area contributed by atoms with Crippen LogP contribution in [0.5, 0.6) is 17.2 Å². The molecule has 29 heavy (non-hydrogen) atoms. The van der Waals surface area contributed by atoms with Gasteiger partial charge in [0.05, 0.1) is 7.11 Å². The summed E-state index contributed by atoms with van der Waals surface area (Å²) in [5, 5.41) is 3.92. The second kappa shape index (κ2) is 8.79. The highest BCUT2D eigenvalue weighted by molar-refractivity contribution is 7.80. The van der Waals surface area contributed by atoms with Crippen LogP contribution in [0.25, 0.3) is 0 Å². The first-order valence-corrected chi connectivity index (χ1v) is 9.59. The Labute approximate surface area is 175 Å². The van der Waals surface area contributed by atoms with Crippen LogP contribution in [0.15, 0.2) is 67.0 Å². The Bertz CT molecular complexity index is 998. The number of hydrogen-bond acceptors (Lipinski definition) is 5. The molecular formula is C22H21N3O3S. The van der Waals surface area contributed by atoms with Crippen molar-refractivity contribution in [2.24, 2.45) is 0 Å². The SMILES string of the molecule is COc1cccc(NC(=S)N(Cc2cccnc2)Cc2ccc3c(c2)OCO3)c1.